The minimum Gasteiger partial charge on any atom is -0.496 e. The molecule has 0 unspecified atom stereocenters. The molecule has 0 amide bonds. The molecule has 120 valence electrons. The molecule has 22 heavy (non-hydrogen) atoms. The number of aliphatic imine (C=N–C) groups is 1. The molecule has 2 rings (SSSR count). The molecule has 2 aromatic rings. The van der Waals surface area contributed by atoms with Gasteiger partial charge in [-0.25, -0.2) is 4.99 Å². The number of hydrogen-bond acceptors (Lipinski definition) is 3. The molecule has 7 heteroatoms. The zero-order valence-corrected chi connectivity index (χ0v) is 16.1. The zero-order chi connectivity index (χ0) is 15.1. The van der Waals surface area contributed by atoms with Gasteiger partial charge in [0.2, 0.25) is 0 Å². The highest BCUT2D eigenvalue weighted by Crippen LogP contribution is 2.23. The van der Waals surface area contributed by atoms with E-state index in [0.29, 0.717) is 17.5 Å². The van der Waals surface area contributed by atoms with Crippen LogP contribution in [0.15, 0.2) is 40.7 Å². The van der Waals surface area contributed by atoms with Gasteiger partial charge in [0, 0.05) is 22.0 Å². The molecule has 0 saturated carbocycles. The Morgan fingerprint density at radius 3 is 2.91 bits per heavy atom. The summed E-state index contributed by atoms with van der Waals surface area (Å²) >= 11 is 7.67. The minimum absolute atomic E-state index is 0. The Balaban J connectivity index is 0.00000242. The molecule has 0 bridgehead atoms. The molecule has 1 heterocycles. The van der Waals surface area contributed by atoms with Crippen LogP contribution in [0.5, 0.6) is 5.75 Å². The van der Waals surface area contributed by atoms with E-state index >= 15 is 0 Å². The Hall–Kier alpha value is -0.990. The molecule has 0 spiro atoms. The summed E-state index contributed by atoms with van der Waals surface area (Å²) in [6.45, 7) is 1.23. The van der Waals surface area contributed by atoms with Crippen LogP contribution in [0.3, 0.4) is 0 Å². The highest BCUT2D eigenvalue weighted by atomic mass is 127. The number of nitrogens with zero attached hydrogens (tertiary/aromatic N) is 1. The van der Waals surface area contributed by atoms with Crippen LogP contribution in [-0.4, -0.2) is 19.6 Å². The molecule has 0 aliphatic carbocycles. The van der Waals surface area contributed by atoms with Crippen molar-refractivity contribution in [2.24, 2.45) is 10.7 Å². The number of nitrogens with two attached hydrogens (primary N) is 1. The van der Waals surface area contributed by atoms with Crippen molar-refractivity contribution in [3.8, 4) is 5.75 Å². The average Bonchev–Trinajstić information content (AvgIpc) is 2.99. The van der Waals surface area contributed by atoms with E-state index in [1.807, 2.05) is 18.2 Å². The number of rotatable bonds is 6. The second kappa shape index (κ2) is 9.91. The summed E-state index contributed by atoms with van der Waals surface area (Å²) < 4.78 is 5.28. The zero-order valence-electron chi connectivity index (χ0n) is 12.2. The van der Waals surface area contributed by atoms with Crippen molar-refractivity contribution in [2.45, 2.75) is 13.0 Å². The van der Waals surface area contributed by atoms with Crippen molar-refractivity contribution in [1.29, 1.82) is 0 Å². The summed E-state index contributed by atoms with van der Waals surface area (Å²) in [6.07, 6.45) is 0.943. The number of benzene rings is 1. The predicted octanol–water partition coefficient (Wildman–Crippen LogP) is 3.68. The molecule has 4 nitrogen and oxygen atoms in total. The number of hydrogen-bond donors (Lipinski definition) is 2. The van der Waals surface area contributed by atoms with E-state index in [4.69, 9.17) is 22.1 Å². The molecule has 1 aromatic carbocycles. The van der Waals surface area contributed by atoms with Gasteiger partial charge in [0.1, 0.15) is 5.75 Å². The summed E-state index contributed by atoms with van der Waals surface area (Å²) in [7, 11) is 1.61. The van der Waals surface area contributed by atoms with Crippen LogP contribution < -0.4 is 15.8 Å². The highest BCUT2D eigenvalue weighted by Gasteiger charge is 2.03. The summed E-state index contributed by atoms with van der Waals surface area (Å²) in [6, 6.07) is 9.63. The van der Waals surface area contributed by atoms with Crippen LogP contribution in [0.2, 0.25) is 5.02 Å². The van der Waals surface area contributed by atoms with Gasteiger partial charge >= 0.3 is 0 Å². The Bertz CT molecular complexity index is 605. The SMILES string of the molecule is COc1cc(Cl)ccc1CN=C(N)NCCc1cccs1.I. The molecule has 0 radical (unpaired) electrons. The van der Waals surface area contributed by atoms with E-state index in [2.05, 4.69) is 21.8 Å². The van der Waals surface area contributed by atoms with Gasteiger partial charge in [-0.1, -0.05) is 23.7 Å². The molecule has 0 aliphatic heterocycles. The second-order valence-corrected chi connectivity index (χ2v) is 5.88. The van der Waals surface area contributed by atoms with Gasteiger partial charge in [-0.3, -0.25) is 0 Å². The highest BCUT2D eigenvalue weighted by molar-refractivity contribution is 14.0. The third-order valence-electron chi connectivity index (χ3n) is 2.93. The molecule has 1 aromatic heterocycles. The molecule has 0 fully saturated rings. The lowest BCUT2D eigenvalue weighted by Crippen LogP contribution is -2.33. The van der Waals surface area contributed by atoms with Gasteiger partial charge in [-0.2, -0.15) is 0 Å². The Labute approximate surface area is 156 Å². The summed E-state index contributed by atoms with van der Waals surface area (Å²) in [5.41, 5.74) is 6.81. The number of nitrogens with one attached hydrogen (secondary N) is 1. The van der Waals surface area contributed by atoms with Crippen LogP contribution >= 0.6 is 46.9 Å². The van der Waals surface area contributed by atoms with Gasteiger partial charge in [0.05, 0.1) is 13.7 Å². The number of ether oxygens (including phenoxy) is 1. The monoisotopic (exact) mass is 451 g/mol. The van der Waals surface area contributed by atoms with E-state index in [0.717, 1.165) is 24.3 Å². The van der Waals surface area contributed by atoms with Crippen molar-refractivity contribution < 1.29 is 4.74 Å². The molecule has 0 saturated heterocycles. The van der Waals surface area contributed by atoms with Crippen LogP contribution in [-0.2, 0) is 13.0 Å². The van der Waals surface area contributed by atoms with Gasteiger partial charge in [-0.15, -0.1) is 35.3 Å². The van der Waals surface area contributed by atoms with Gasteiger partial charge in [0.25, 0.3) is 0 Å². The number of halogens is 2. The third-order valence-corrected chi connectivity index (χ3v) is 4.10. The standard InChI is InChI=1S/C15H18ClN3OS.HI/c1-20-14-9-12(16)5-4-11(14)10-19-15(17)18-7-6-13-3-2-8-21-13;/h2-5,8-9H,6-7,10H2,1H3,(H3,17,18,19);1H. The fourth-order valence-electron chi connectivity index (χ4n) is 1.84. The number of methoxy groups -OCH3 is 1. The topological polar surface area (TPSA) is 59.6 Å². The Morgan fingerprint density at radius 1 is 1.41 bits per heavy atom. The molecular formula is C15H19ClIN3OS. The van der Waals surface area contributed by atoms with E-state index in [1.54, 1.807) is 24.5 Å². The van der Waals surface area contributed by atoms with E-state index in [9.17, 15) is 0 Å². The first-order valence-electron chi connectivity index (χ1n) is 6.57. The maximum absolute atomic E-state index is 5.92. The molecular weight excluding hydrogens is 433 g/mol. The van der Waals surface area contributed by atoms with Crippen LogP contribution in [0, 0.1) is 0 Å². The van der Waals surface area contributed by atoms with Crippen molar-refractivity contribution in [3.63, 3.8) is 0 Å². The fraction of sp³-hybridized carbons (Fsp3) is 0.267. The van der Waals surface area contributed by atoms with Crippen LogP contribution in [0.1, 0.15) is 10.4 Å². The lowest BCUT2D eigenvalue weighted by atomic mass is 10.2. The van der Waals surface area contributed by atoms with Gasteiger partial charge < -0.3 is 15.8 Å². The Morgan fingerprint density at radius 2 is 2.23 bits per heavy atom. The predicted molar refractivity (Wildman–Crippen MR) is 105 cm³/mol. The third kappa shape index (κ3) is 6.02. The first-order valence-corrected chi connectivity index (χ1v) is 7.83. The van der Waals surface area contributed by atoms with E-state index in [1.165, 1.54) is 4.88 Å². The lowest BCUT2D eigenvalue weighted by Gasteiger charge is -2.08. The Kier molecular flexibility index (Phi) is 8.59. The quantitative estimate of drug-likeness (QED) is 0.400. The molecule has 3 N–H and O–H groups in total. The number of thiophene rings is 1. The van der Waals surface area contributed by atoms with Gasteiger partial charge in [0.15, 0.2) is 5.96 Å². The fourth-order valence-corrected chi connectivity index (χ4v) is 2.71. The van der Waals surface area contributed by atoms with Crippen LogP contribution in [0.4, 0.5) is 0 Å². The summed E-state index contributed by atoms with van der Waals surface area (Å²) in [5, 5.41) is 5.82. The summed E-state index contributed by atoms with van der Waals surface area (Å²) in [5.74, 6) is 1.15. The van der Waals surface area contributed by atoms with Gasteiger partial charge in [-0.05, 0) is 30.0 Å². The average molecular weight is 452 g/mol. The second-order valence-electron chi connectivity index (χ2n) is 4.41. The first kappa shape index (κ1) is 19.1. The normalized spacial score (nSPS) is 10.9. The molecule has 0 atom stereocenters. The van der Waals surface area contributed by atoms with Crippen LogP contribution in [0.25, 0.3) is 0 Å². The smallest absolute Gasteiger partial charge is 0.188 e. The van der Waals surface area contributed by atoms with Crippen molar-refractivity contribution in [3.05, 3.63) is 51.2 Å². The van der Waals surface area contributed by atoms with Crippen molar-refractivity contribution >= 4 is 52.9 Å². The van der Waals surface area contributed by atoms with Crippen molar-refractivity contribution in [2.75, 3.05) is 13.7 Å². The largest absolute Gasteiger partial charge is 0.496 e. The number of guanidine groups is 1. The van der Waals surface area contributed by atoms with Crippen molar-refractivity contribution in [1.82, 2.24) is 5.32 Å². The minimum atomic E-state index is 0. The maximum Gasteiger partial charge on any atom is 0.188 e. The first-order chi connectivity index (χ1) is 10.2. The summed E-state index contributed by atoms with van der Waals surface area (Å²) in [4.78, 5) is 5.64. The van der Waals surface area contributed by atoms with E-state index < -0.39 is 0 Å². The maximum atomic E-state index is 5.92. The van der Waals surface area contributed by atoms with E-state index in [-0.39, 0.29) is 24.0 Å². The molecule has 0 aliphatic rings. The lowest BCUT2D eigenvalue weighted by molar-refractivity contribution is 0.410.